The molecule has 2 aromatic rings. The van der Waals surface area contributed by atoms with E-state index in [1.165, 1.54) is 27.4 Å². The lowest BCUT2D eigenvalue weighted by atomic mass is 10.1. The topological polar surface area (TPSA) is 95.1 Å². The predicted molar refractivity (Wildman–Crippen MR) is 108 cm³/mol. The number of carbonyl (C=O) groups excluding carboxylic acids is 2. The van der Waals surface area contributed by atoms with E-state index in [9.17, 15) is 9.59 Å². The Hall–Kier alpha value is -3.42. The molecule has 2 amide bonds. The van der Waals surface area contributed by atoms with Crippen LogP contribution in [0.25, 0.3) is 0 Å². The van der Waals surface area contributed by atoms with E-state index in [-0.39, 0.29) is 5.56 Å². The molecule has 0 fully saturated rings. The summed E-state index contributed by atoms with van der Waals surface area (Å²) in [5.74, 6) is 0.801. The molecule has 2 rings (SSSR count). The van der Waals surface area contributed by atoms with Crippen LogP contribution in [-0.2, 0) is 0 Å². The molecule has 0 aliphatic carbocycles. The van der Waals surface area contributed by atoms with Crippen molar-refractivity contribution >= 4 is 11.8 Å². The van der Waals surface area contributed by atoms with E-state index in [0.717, 1.165) is 12.8 Å². The monoisotopic (exact) mass is 402 g/mol. The fourth-order valence-corrected chi connectivity index (χ4v) is 2.50. The molecule has 156 valence electrons. The molecule has 8 heteroatoms. The largest absolute Gasteiger partial charge is 0.497 e. The van der Waals surface area contributed by atoms with E-state index in [2.05, 4.69) is 17.8 Å². The van der Waals surface area contributed by atoms with Crippen molar-refractivity contribution in [2.24, 2.45) is 0 Å². The van der Waals surface area contributed by atoms with Gasteiger partial charge in [-0.15, -0.1) is 0 Å². The molecule has 0 bridgehead atoms. The van der Waals surface area contributed by atoms with Crippen LogP contribution < -0.4 is 29.8 Å². The van der Waals surface area contributed by atoms with Gasteiger partial charge in [0.25, 0.3) is 11.8 Å². The van der Waals surface area contributed by atoms with Gasteiger partial charge >= 0.3 is 0 Å². The number of carbonyl (C=O) groups is 2. The third-order valence-corrected chi connectivity index (χ3v) is 4.12. The molecule has 0 saturated heterocycles. The van der Waals surface area contributed by atoms with Crippen LogP contribution in [-0.4, -0.2) is 39.8 Å². The Balaban J connectivity index is 2.06. The van der Waals surface area contributed by atoms with Crippen molar-refractivity contribution in [1.29, 1.82) is 0 Å². The van der Waals surface area contributed by atoms with Gasteiger partial charge in [0.15, 0.2) is 11.5 Å². The Morgan fingerprint density at radius 1 is 0.828 bits per heavy atom. The number of rotatable bonds is 9. The maximum atomic E-state index is 12.4. The van der Waals surface area contributed by atoms with E-state index in [1.54, 1.807) is 30.3 Å². The van der Waals surface area contributed by atoms with Gasteiger partial charge in [0.2, 0.25) is 0 Å². The number of ether oxygens (including phenoxy) is 4. The molecular weight excluding hydrogens is 376 g/mol. The normalized spacial score (nSPS) is 10.1. The minimum absolute atomic E-state index is 0.226. The Morgan fingerprint density at radius 2 is 1.52 bits per heavy atom. The van der Waals surface area contributed by atoms with Gasteiger partial charge < -0.3 is 18.9 Å². The summed E-state index contributed by atoms with van der Waals surface area (Å²) in [6.07, 6.45) is 1.94. The third-order valence-electron chi connectivity index (χ3n) is 4.12. The van der Waals surface area contributed by atoms with Crippen molar-refractivity contribution in [3.8, 4) is 23.0 Å². The molecule has 2 N–H and O–H groups in total. The Labute approximate surface area is 170 Å². The zero-order valence-corrected chi connectivity index (χ0v) is 17.0. The Bertz CT molecular complexity index is 853. The van der Waals surface area contributed by atoms with E-state index in [1.807, 2.05) is 0 Å². The minimum atomic E-state index is -0.541. The molecule has 0 atom stereocenters. The molecule has 0 radical (unpaired) electrons. The zero-order valence-electron chi connectivity index (χ0n) is 17.0. The number of hydrogen-bond donors (Lipinski definition) is 2. The fraction of sp³-hybridized carbons (Fsp3) is 0.333. The summed E-state index contributed by atoms with van der Waals surface area (Å²) < 4.78 is 21.3. The van der Waals surface area contributed by atoms with Crippen molar-refractivity contribution in [1.82, 2.24) is 10.9 Å². The summed E-state index contributed by atoms with van der Waals surface area (Å²) in [5, 5.41) is 0. The first-order valence-corrected chi connectivity index (χ1v) is 9.17. The number of methoxy groups -OCH3 is 3. The third kappa shape index (κ3) is 5.78. The van der Waals surface area contributed by atoms with Gasteiger partial charge in [-0.2, -0.15) is 0 Å². The predicted octanol–water partition coefficient (Wildman–Crippen LogP) is 2.97. The average molecular weight is 402 g/mol. The van der Waals surface area contributed by atoms with Crippen LogP contribution >= 0.6 is 0 Å². The highest BCUT2D eigenvalue weighted by Gasteiger charge is 2.16. The van der Waals surface area contributed by atoms with Crippen molar-refractivity contribution in [3.05, 3.63) is 47.5 Å². The first-order chi connectivity index (χ1) is 14.0. The number of unbranched alkanes of at least 4 members (excludes halogenated alkanes) is 1. The van der Waals surface area contributed by atoms with Gasteiger partial charge in [-0.05, 0) is 42.8 Å². The second kappa shape index (κ2) is 10.8. The zero-order chi connectivity index (χ0) is 21.2. The number of hydrogen-bond acceptors (Lipinski definition) is 6. The van der Waals surface area contributed by atoms with E-state index >= 15 is 0 Å². The second-order valence-corrected chi connectivity index (χ2v) is 6.04. The lowest BCUT2D eigenvalue weighted by Crippen LogP contribution is -2.41. The summed E-state index contributed by atoms with van der Waals surface area (Å²) in [6, 6.07) is 9.61. The number of amides is 2. The van der Waals surface area contributed by atoms with Crippen molar-refractivity contribution in [2.75, 3.05) is 27.9 Å². The summed E-state index contributed by atoms with van der Waals surface area (Å²) in [6.45, 7) is 2.64. The van der Waals surface area contributed by atoms with Gasteiger partial charge in [0, 0.05) is 5.56 Å². The lowest BCUT2D eigenvalue weighted by molar-refractivity contribution is 0.0844. The molecule has 0 saturated carbocycles. The standard InChI is InChI=1S/C21H26N2O6/c1-5-6-11-29-18-9-7-14(12-19(18)28-4)20(24)22-23-21(25)16-13-15(26-2)8-10-17(16)27-3/h7-10,12-13H,5-6,11H2,1-4H3,(H,22,24)(H,23,25). The molecule has 0 aliphatic rings. The van der Waals surface area contributed by atoms with Crippen LogP contribution in [0.2, 0.25) is 0 Å². The highest BCUT2D eigenvalue weighted by molar-refractivity contribution is 6.01. The quantitative estimate of drug-likeness (QED) is 0.495. The molecule has 29 heavy (non-hydrogen) atoms. The number of hydrazine groups is 1. The first kappa shape index (κ1) is 21.9. The lowest BCUT2D eigenvalue weighted by Gasteiger charge is -2.13. The molecule has 0 spiro atoms. The minimum Gasteiger partial charge on any atom is -0.497 e. The number of benzene rings is 2. The Kier molecular flexibility index (Phi) is 8.14. The first-order valence-electron chi connectivity index (χ1n) is 9.17. The van der Waals surface area contributed by atoms with E-state index in [0.29, 0.717) is 35.2 Å². The summed E-state index contributed by atoms with van der Waals surface area (Å²) in [5.41, 5.74) is 5.28. The SMILES string of the molecule is CCCCOc1ccc(C(=O)NNC(=O)c2cc(OC)ccc2OC)cc1OC. The molecule has 2 aromatic carbocycles. The summed E-state index contributed by atoms with van der Waals surface area (Å²) in [7, 11) is 4.45. The van der Waals surface area contributed by atoms with E-state index in [4.69, 9.17) is 18.9 Å². The molecule has 0 unspecified atom stereocenters. The maximum Gasteiger partial charge on any atom is 0.273 e. The van der Waals surface area contributed by atoms with Crippen molar-refractivity contribution in [2.45, 2.75) is 19.8 Å². The van der Waals surface area contributed by atoms with Gasteiger partial charge in [-0.1, -0.05) is 13.3 Å². The van der Waals surface area contributed by atoms with Gasteiger partial charge in [0.05, 0.1) is 33.5 Å². The van der Waals surface area contributed by atoms with Crippen LogP contribution in [0.15, 0.2) is 36.4 Å². The molecule has 0 heterocycles. The van der Waals surface area contributed by atoms with E-state index < -0.39 is 11.8 Å². The van der Waals surface area contributed by atoms with Crippen molar-refractivity contribution in [3.63, 3.8) is 0 Å². The fourth-order valence-electron chi connectivity index (χ4n) is 2.50. The average Bonchev–Trinajstić information content (AvgIpc) is 2.76. The smallest absolute Gasteiger partial charge is 0.273 e. The maximum absolute atomic E-state index is 12.4. The van der Waals surface area contributed by atoms with Crippen LogP contribution in [0.4, 0.5) is 0 Å². The molecule has 8 nitrogen and oxygen atoms in total. The van der Waals surface area contributed by atoms with Crippen molar-refractivity contribution < 1.29 is 28.5 Å². The molecular formula is C21H26N2O6. The highest BCUT2D eigenvalue weighted by atomic mass is 16.5. The summed E-state index contributed by atoms with van der Waals surface area (Å²) >= 11 is 0. The van der Waals surface area contributed by atoms with Crippen LogP contribution in [0, 0.1) is 0 Å². The second-order valence-electron chi connectivity index (χ2n) is 6.04. The molecule has 0 aliphatic heterocycles. The highest BCUT2D eigenvalue weighted by Crippen LogP contribution is 2.28. The van der Waals surface area contributed by atoms with Crippen LogP contribution in [0.1, 0.15) is 40.5 Å². The molecule has 0 aromatic heterocycles. The Morgan fingerprint density at radius 3 is 2.17 bits per heavy atom. The van der Waals surface area contributed by atoms with Crippen LogP contribution in [0.3, 0.4) is 0 Å². The number of nitrogens with one attached hydrogen (secondary N) is 2. The van der Waals surface area contributed by atoms with Gasteiger partial charge in [0.1, 0.15) is 11.5 Å². The van der Waals surface area contributed by atoms with Crippen LogP contribution in [0.5, 0.6) is 23.0 Å². The van der Waals surface area contributed by atoms with Gasteiger partial charge in [-0.25, -0.2) is 0 Å². The van der Waals surface area contributed by atoms with Gasteiger partial charge in [-0.3, -0.25) is 20.4 Å². The summed E-state index contributed by atoms with van der Waals surface area (Å²) in [4.78, 5) is 24.9.